The van der Waals surface area contributed by atoms with Crippen LogP contribution in [-0.2, 0) is 17.8 Å². The quantitative estimate of drug-likeness (QED) is 0.738. The van der Waals surface area contributed by atoms with Crippen molar-refractivity contribution in [1.82, 2.24) is 9.47 Å². The summed E-state index contributed by atoms with van der Waals surface area (Å²) in [4.78, 5) is 13.9. The van der Waals surface area contributed by atoms with Crippen molar-refractivity contribution in [2.24, 2.45) is 0 Å². The first-order chi connectivity index (χ1) is 12.6. The Morgan fingerprint density at radius 3 is 2.62 bits per heavy atom. The van der Waals surface area contributed by atoms with Gasteiger partial charge >= 0.3 is 5.97 Å². The first kappa shape index (κ1) is 16.8. The highest BCUT2D eigenvalue weighted by atomic mass is 16.5. The molecule has 0 aliphatic carbocycles. The minimum atomic E-state index is -0.730. The molecule has 0 saturated heterocycles. The zero-order chi connectivity index (χ0) is 18.3. The molecule has 1 aliphatic heterocycles. The molecule has 26 heavy (non-hydrogen) atoms. The Labute approximate surface area is 152 Å². The molecule has 1 aromatic heterocycles. The van der Waals surface area contributed by atoms with Crippen LogP contribution in [0.4, 0.5) is 0 Å². The normalized spacial score (nSPS) is 15.7. The van der Waals surface area contributed by atoms with Crippen molar-refractivity contribution in [3.05, 3.63) is 70.9 Å². The topological polar surface area (TPSA) is 54.7 Å². The van der Waals surface area contributed by atoms with Crippen LogP contribution in [0, 0.1) is 0 Å². The fourth-order valence-corrected chi connectivity index (χ4v) is 3.81. The maximum absolute atomic E-state index is 11.6. The maximum atomic E-state index is 11.6. The molecule has 0 saturated carbocycles. The van der Waals surface area contributed by atoms with E-state index in [0.717, 1.165) is 41.7 Å². The first-order valence-corrected chi connectivity index (χ1v) is 8.75. The van der Waals surface area contributed by atoms with E-state index in [9.17, 15) is 9.90 Å². The minimum absolute atomic E-state index is 0.374. The van der Waals surface area contributed by atoms with Crippen LogP contribution in [0.5, 0.6) is 0 Å². The second-order valence-corrected chi connectivity index (χ2v) is 6.79. The molecular weight excluding hydrogens is 328 g/mol. The van der Waals surface area contributed by atoms with E-state index in [2.05, 4.69) is 28.6 Å². The molecule has 0 amide bonds. The molecule has 1 N–H and O–H groups in total. The molecule has 0 radical (unpaired) electrons. The van der Waals surface area contributed by atoms with E-state index in [4.69, 9.17) is 4.74 Å². The van der Waals surface area contributed by atoms with Crippen LogP contribution in [0.15, 0.2) is 48.5 Å². The summed E-state index contributed by atoms with van der Waals surface area (Å²) in [6.45, 7) is 1.79. The number of likely N-dealkylation sites (N-methyl/N-ethyl adjacent to an activating group) is 1. The number of methoxy groups -OCH3 is 1. The Hall–Kier alpha value is -2.63. The third-order valence-corrected chi connectivity index (χ3v) is 5.16. The van der Waals surface area contributed by atoms with Gasteiger partial charge in [0.05, 0.1) is 19.3 Å². The van der Waals surface area contributed by atoms with Gasteiger partial charge in [-0.15, -0.1) is 0 Å². The maximum Gasteiger partial charge on any atom is 0.337 e. The highest BCUT2D eigenvalue weighted by Crippen LogP contribution is 2.36. The van der Waals surface area contributed by atoms with Gasteiger partial charge in [0, 0.05) is 35.1 Å². The van der Waals surface area contributed by atoms with Crippen LogP contribution in [0.25, 0.3) is 10.9 Å². The highest BCUT2D eigenvalue weighted by Gasteiger charge is 2.26. The lowest BCUT2D eigenvalue weighted by Crippen LogP contribution is -2.31. The number of esters is 1. The summed E-state index contributed by atoms with van der Waals surface area (Å²) in [7, 11) is 3.47. The Balaban J connectivity index is 1.80. The van der Waals surface area contributed by atoms with E-state index < -0.39 is 6.10 Å². The zero-order valence-corrected chi connectivity index (χ0v) is 15.0. The van der Waals surface area contributed by atoms with Gasteiger partial charge in [0.25, 0.3) is 0 Å². The van der Waals surface area contributed by atoms with Gasteiger partial charge < -0.3 is 14.4 Å². The van der Waals surface area contributed by atoms with Crippen LogP contribution in [0.3, 0.4) is 0 Å². The molecule has 4 rings (SSSR count). The summed E-state index contributed by atoms with van der Waals surface area (Å²) >= 11 is 0. The monoisotopic (exact) mass is 350 g/mol. The zero-order valence-electron chi connectivity index (χ0n) is 15.0. The van der Waals surface area contributed by atoms with Gasteiger partial charge in [0.15, 0.2) is 0 Å². The lowest BCUT2D eigenvalue weighted by molar-refractivity contribution is 0.0600. The third kappa shape index (κ3) is 2.69. The number of rotatable bonds is 3. The summed E-state index contributed by atoms with van der Waals surface area (Å²) in [6, 6.07) is 15.2. The lowest BCUT2D eigenvalue weighted by Gasteiger charge is -2.27. The summed E-state index contributed by atoms with van der Waals surface area (Å²) in [5.74, 6) is -0.374. The number of carbonyl (C=O) groups excluding carboxylic acids is 1. The van der Waals surface area contributed by atoms with Crippen molar-refractivity contribution in [2.45, 2.75) is 19.2 Å². The molecule has 1 atom stereocenters. The number of nitrogens with zero attached hydrogens (tertiary/aromatic N) is 2. The van der Waals surface area contributed by atoms with Gasteiger partial charge in [0.1, 0.15) is 6.10 Å². The van der Waals surface area contributed by atoms with Crippen molar-refractivity contribution >= 4 is 16.9 Å². The van der Waals surface area contributed by atoms with Gasteiger partial charge in [-0.3, -0.25) is 4.90 Å². The van der Waals surface area contributed by atoms with Gasteiger partial charge in [-0.05, 0) is 30.8 Å². The molecular formula is C21H22N2O3. The average molecular weight is 350 g/mol. The predicted octanol–water partition coefficient (Wildman–Crippen LogP) is 2.96. The van der Waals surface area contributed by atoms with Crippen LogP contribution in [0.1, 0.15) is 33.3 Å². The highest BCUT2D eigenvalue weighted by molar-refractivity contribution is 5.89. The van der Waals surface area contributed by atoms with Crippen LogP contribution < -0.4 is 0 Å². The molecule has 2 heterocycles. The van der Waals surface area contributed by atoms with E-state index in [1.807, 2.05) is 12.1 Å². The smallest absolute Gasteiger partial charge is 0.337 e. The number of ether oxygens (including phenoxy) is 1. The predicted molar refractivity (Wildman–Crippen MR) is 100 cm³/mol. The Kier molecular flexibility index (Phi) is 4.26. The van der Waals surface area contributed by atoms with E-state index in [1.54, 1.807) is 24.3 Å². The van der Waals surface area contributed by atoms with Crippen molar-refractivity contribution in [3.8, 4) is 0 Å². The van der Waals surface area contributed by atoms with E-state index in [1.165, 1.54) is 12.8 Å². The van der Waals surface area contributed by atoms with Gasteiger partial charge in [-0.25, -0.2) is 4.79 Å². The van der Waals surface area contributed by atoms with Gasteiger partial charge in [0.2, 0.25) is 0 Å². The Bertz CT molecular complexity index is 959. The lowest BCUT2D eigenvalue weighted by atomic mass is 9.96. The standard InChI is InChI=1S/C21H22N2O3/c1-22-12-11-18-19(16-5-3-4-6-17(16)23(18)13-22)20(24)14-7-9-15(10-8-14)21(25)26-2/h3-10,20,24H,11-13H2,1-2H3. The number of benzene rings is 2. The van der Waals surface area contributed by atoms with Gasteiger partial charge in [-0.2, -0.15) is 0 Å². The molecule has 1 aliphatic rings. The second-order valence-electron chi connectivity index (χ2n) is 6.79. The van der Waals surface area contributed by atoms with E-state index >= 15 is 0 Å². The molecule has 0 bridgehead atoms. The van der Waals surface area contributed by atoms with Crippen molar-refractivity contribution < 1.29 is 14.6 Å². The summed E-state index contributed by atoms with van der Waals surface area (Å²) in [6.07, 6.45) is 0.170. The van der Waals surface area contributed by atoms with Crippen molar-refractivity contribution in [3.63, 3.8) is 0 Å². The largest absolute Gasteiger partial charge is 0.465 e. The number of aliphatic hydroxyl groups excluding tert-OH is 1. The van der Waals surface area contributed by atoms with Crippen LogP contribution in [0.2, 0.25) is 0 Å². The minimum Gasteiger partial charge on any atom is -0.465 e. The molecule has 1 unspecified atom stereocenters. The number of hydrogen-bond acceptors (Lipinski definition) is 4. The summed E-state index contributed by atoms with van der Waals surface area (Å²) in [5, 5.41) is 12.2. The summed E-state index contributed by atoms with van der Waals surface area (Å²) in [5.41, 5.74) is 4.56. The number of hydrogen-bond donors (Lipinski definition) is 1. The Morgan fingerprint density at radius 2 is 1.88 bits per heavy atom. The van der Waals surface area contributed by atoms with Crippen molar-refractivity contribution in [1.29, 1.82) is 0 Å². The number of aromatic nitrogens is 1. The van der Waals surface area contributed by atoms with E-state index in [-0.39, 0.29) is 5.97 Å². The van der Waals surface area contributed by atoms with Gasteiger partial charge in [-0.1, -0.05) is 30.3 Å². The van der Waals surface area contributed by atoms with Crippen LogP contribution in [-0.4, -0.2) is 41.2 Å². The number of carbonyl (C=O) groups is 1. The molecule has 134 valence electrons. The fourth-order valence-electron chi connectivity index (χ4n) is 3.81. The fraction of sp³-hybridized carbons (Fsp3) is 0.286. The number of aliphatic hydroxyl groups is 1. The molecule has 3 aromatic rings. The molecule has 5 heteroatoms. The second kappa shape index (κ2) is 6.59. The molecule has 2 aromatic carbocycles. The first-order valence-electron chi connectivity index (χ1n) is 8.75. The average Bonchev–Trinajstić information content (AvgIpc) is 3.00. The van der Waals surface area contributed by atoms with E-state index in [0.29, 0.717) is 5.56 Å². The number of para-hydroxylation sites is 1. The molecule has 0 spiro atoms. The SMILES string of the molecule is COC(=O)c1ccc(C(O)c2c3n(c4ccccc24)CN(C)CC3)cc1. The van der Waals surface area contributed by atoms with Crippen molar-refractivity contribution in [2.75, 3.05) is 20.7 Å². The third-order valence-electron chi connectivity index (χ3n) is 5.16. The summed E-state index contributed by atoms with van der Waals surface area (Å²) < 4.78 is 7.03. The Morgan fingerprint density at radius 1 is 1.15 bits per heavy atom. The molecule has 0 fully saturated rings. The van der Waals surface area contributed by atoms with Crippen LogP contribution >= 0.6 is 0 Å². The number of fused-ring (bicyclic) bond motifs is 3. The molecule has 5 nitrogen and oxygen atoms in total.